The van der Waals surface area contributed by atoms with Gasteiger partial charge >= 0.3 is 5.97 Å². The van der Waals surface area contributed by atoms with E-state index < -0.39 is 12.4 Å². The zero-order chi connectivity index (χ0) is 18.0. The van der Waals surface area contributed by atoms with E-state index in [4.69, 9.17) is 5.11 Å². The average molecular weight is 352 g/mol. The second-order valence-electron chi connectivity index (χ2n) is 6.53. The third-order valence-electron chi connectivity index (χ3n) is 4.65. The van der Waals surface area contributed by atoms with Crippen LogP contribution >= 0.6 is 0 Å². The molecule has 2 aromatic heterocycles. The molecule has 1 fully saturated rings. The summed E-state index contributed by atoms with van der Waals surface area (Å²) < 4.78 is 28.7. The van der Waals surface area contributed by atoms with Gasteiger partial charge < -0.3 is 10.0 Å². The van der Waals surface area contributed by atoms with Crippen molar-refractivity contribution in [2.75, 3.05) is 18.0 Å². The Balaban J connectivity index is 1.85. The molecule has 0 bridgehead atoms. The van der Waals surface area contributed by atoms with Crippen molar-refractivity contribution in [2.45, 2.75) is 45.6 Å². The van der Waals surface area contributed by atoms with E-state index in [2.05, 4.69) is 10.1 Å². The van der Waals surface area contributed by atoms with Gasteiger partial charge in [-0.3, -0.25) is 9.48 Å². The Kier molecular flexibility index (Phi) is 5.15. The van der Waals surface area contributed by atoms with Crippen LogP contribution in [0.4, 0.5) is 14.6 Å². The van der Waals surface area contributed by atoms with Gasteiger partial charge in [0.1, 0.15) is 5.82 Å². The predicted molar refractivity (Wildman–Crippen MR) is 90.0 cm³/mol. The summed E-state index contributed by atoms with van der Waals surface area (Å²) >= 11 is 0. The minimum Gasteiger partial charge on any atom is -0.481 e. The molecule has 0 amide bonds. The summed E-state index contributed by atoms with van der Waals surface area (Å²) in [5.74, 6) is -0.159. The number of rotatable bonds is 6. The molecule has 3 rings (SSSR count). The van der Waals surface area contributed by atoms with Crippen molar-refractivity contribution in [2.24, 2.45) is 5.92 Å². The normalized spacial score (nSPS) is 16.1. The highest BCUT2D eigenvalue weighted by atomic mass is 19.3. The van der Waals surface area contributed by atoms with E-state index in [0.29, 0.717) is 36.5 Å². The number of carbonyl (C=O) groups is 1. The van der Waals surface area contributed by atoms with Crippen LogP contribution in [0.5, 0.6) is 0 Å². The summed E-state index contributed by atoms with van der Waals surface area (Å²) in [6.07, 6.45) is 1.51. The van der Waals surface area contributed by atoms with E-state index in [0.717, 1.165) is 19.3 Å². The Morgan fingerprint density at radius 2 is 2.12 bits per heavy atom. The van der Waals surface area contributed by atoms with Gasteiger partial charge in [-0.15, -0.1) is 0 Å². The van der Waals surface area contributed by atoms with Crippen LogP contribution in [0.15, 0.2) is 12.3 Å². The van der Waals surface area contributed by atoms with E-state index in [1.165, 1.54) is 6.07 Å². The number of carboxylic acid groups (broad SMARTS) is 1. The molecule has 0 saturated carbocycles. The smallest absolute Gasteiger partial charge is 0.303 e. The van der Waals surface area contributed by atoms with Gasteiger partial charge in [0.2, 0.25) is 0 Å². The average Bonchev–Trinajstić information content (AvgIpc) is 2.96. The first kappa shape index (κ1) is 17.6. The van der Waals surface area contributed by atoms with Gasteiger partial charge in [-0.2, -0.15) is 5.10 Å². The van der Waals surface area contributed by atoms with Crippen molar-refractivity contribution in [3.05, 3.63) is 17.8 Å². The van der Waals surface area contributed by atoms with Crippen LogP contribution < -0.4 is 4.90 Å². The lowest BCUT2D eigenvalue weighted by Gasteiger charge is -2.32. The molecule has 1 aliphatic heterocycles. The summed E-state index contributed by atoms with van der Waals surface area (Å²) in [5.41, 5.74) is 0.295. The van der Waals surface area contributed by atoms with Crippen LogP contribution in [0.2, 0.25) is 0 Å². The maximum Gasteiger partial charge on any atom is 0.303 e. The molecule has 0 radical (unpaired) electrons. The summed E-state index contributed by atoms with van der Waals surface area (Å²) in [5, 5.41) is 13.6. The van der Waals surface area contributed by atoms with Crippen molar-refractivity contribution in [3.63, 3.8) is 0 Å². The molecule has 2 aromatic rings. The molecule has 0 unspecified atom stereocenters. The third-order valence-corrected chi connectivity index (χ3v) is 4.65. The topological polar surface area (TPSA) is 71.2 Å². The third kappa shape index (κ3) is 3.88. The minimum absolute atomic E-state index is 0.0463. The second-order valence-corrected chi connectivity index (χ2v) is 6.53. The Labute approximate surface area is 144 Å². The molecule has 0 aromatic carbocycles. The number of anilines is 1. The fourth-order valence-corrected chi connectivity index (χ4v) is 3.35. The Morgan fingerprint density at radius 3 is 2.72 bits per heavy atom. The fourth-order valence-electron chi connectivity index (χ4n) is 3.35. The molecule has 3 heterocycles. The number of alkyl halides is 2. The molecule has 0 spiro atoms. The molecule has 0 atom stereocenters. The van der Waals surface area contributed by atoms with Crippen LogP contribution in [0.25, 0.3) is 11.0 Å². The summed E-state index contributed by atoms with van der Waals surface area (Å²) in [7, 11) is 0. The van der Waals surface area contributed by atoms with Gasteiger partial charge in [-0.05, 0) is 31.2 Å². The molecule has 25 heavy (non-hydrogen) atoms. The number of hydrogen-bond acceptors (Lipinski definition) is 4. The number of aliphatic carboxylic acids is 1. The van der Waals surface area contributed by atoms with E-state index >= 15 is 0 Å². The van der Waals surface area contributed by atoms with Gasteiger partial charge in [0, 0.05) is 43.2 Å². The zero-order valence-electron chi connectivity index (χ0n) is 14.2. The number of piperidine rings is 1. The number of carboxylic acids is 1. The Morgan fingerprint density at radius 1 is 1.40 bits per heavy atom. The van der Waals surface area contributed by atoms with Crippen LogP contribution in [-0.2, 0) is 11.3 Å². The SMILES string of the molecule is CCCn1cc2c(C(F)F)cc(N3CCC(CC(=O)O)CC3)nc2n1. The fraction of sp³-hybridized carbons (Fsp3) is 0.588. The molecule has 1 saturated heterocycles. The first-order chi connectivity index (χ1) is 12.0. The number of hydrogen-bond donors (Lipinski definition) is 1. The molecule has 6 nitrogen and oxygen atoms in total. The van der Waals surface area contributed by atoms with Crippen LogP contribution in [-0.4, -0.2) is 38.9 Å². The Hall–Kier alpha value is -2.25. The van der Waals surface area contributed by atoms with Crippen molar-refractivity contribution >= 4 is 22.8 Å². The molecule has 8 heteroatoms. The molecule has 0 aliphatic carbocycles. The predicted octanol–water partition coefficient (Wildman–Crippen LogP) is 3.47. The lowest BCUT2D eigenvalue weighted by atomic mass is 9.93. The van der Waals surface area contributed by atoms with E-state index in [1.54, 1.807) is 10.9 Å². The summed E-state index contributed by atoms with van der Waals surface area (Å²) in [6, 6.07) is 1.45. The Bertz CT molecular complexity index is 754. The molecular weight excluding hydrogens is 330 g/mol. The van der Waals surface area contributed by atoms with Crippen molar-refractivity contribution in [1.82, 2.24) is 14.8 Å². The lowest BCUT2D eigenvalue weighted by molar-refractivity contribution is -0.138. The van der Waals surface area contributed by atoms with Gasteiger partial charge in [0.05, 0.1) is 0 Å². The van der Waals surface area contributed by atoms with Crippen molar-refractivity contribution < 1.29 is 18.7 Å². The summed E-state index contributed by atoms with van der Waals surface area (Å²) in [4.78, 5) is 17.2. The van der Waals surface area contributed by atoms with E-state index in [-0.39, 0.29) is 17.9 Å². The highest BCUT2D eigenvalue weighted by molar-refractivity contribution is 5.81. The molecule has 136 valence electrons. The van der Waals surface area contributed by atoms with Gasteiger partial charge in [0.15, 0.2) is 5.65 Å². The first-order valence-electron chi connectivity index (χ1n) is 8.61. The molecule has 1 N–H and O–H groups in total. The van der Waals surface area contributed by atoms with E-state index in [9.17, 15) is 13.6 Å². The second kappa shape index (κ2) is 7.33. The maximum absolute atomic E-state index is 13.5. The highest BCUT2D eigenvalue weighted by Gasteiger charge is 2.24. The number of halogens is 2. The zero-order valence-corrected chi connectivity index (χ0v) is 14.2. The minimum atomic E-state index is -2.59. The monoisotopic (exact) mass is 352 g/mol. The number of pyridine rings is 1. The van der Waals surface area contributed by atoms with E-state index in [1.807, 2.05) is 11.8 Å². The molecule has 1 aliphatic rings. The number of aromatic nitrogens is 3. The molecular formula is C17H22F2N4O2. The van der Waals surface area contributed by atoms with Crippen LogP contribution in [0.3, 0.4) is 0 Å². The van der Waals surface area contributed by atoms with Crippen LogP contribution in [0, 0.1) is 5.92 Å². The number of fused-ring (bicyclic) bond motifs is 1. The number of aryl methyl sites for hydroxylation is 1. The van der Waals surface area contributed by atoms with Gasteiger partial charge in [-0.1, -0.05) is 6.92 Å². The maximum atomic E-state index is 13.5. The first-order valence-corrected chi connectivity index (χ1v) is 8.61. The van der Waals surface area contributed by atoms with Crippen molar-refractivity contribution in [1.29, 1.82) is 0 Å². The lowest BCUT2D eigenvalue weighted by Crippen LogP contribution is -2.35. The van der Waals surface area contributed by atoms with Gasteiger partial charge in [-0.25, -0.2) is 13.8 Å². The quantitative estimate of drug-likeness (QED) is 0.862. The summed E-state index contributed by atoms with van der Waals surface area (Å²) in [6.45, 7) is 3.90. The standard InChI is InChI=1S/C17H22F2N4O2/c1-2-5-23-10-13-12(16(18)19)9-14(20-17(13)21-23)22-6-3-11(4-7-22)8-15(24)25/h9-11,16H,2-8H2,1H3,(H,24,25). The highest BCUT2D eigenvalue weighted by Crippen LogP contribution is 2.32. The van der Waals surface area contributed by atoms with Gasteiger partial charge in [0.25, 0.3) is 6.43 Å². The number of nitrogens with zero attached hydrogens (tertiary/aromatic N) is 4. The largest absolute Gasteiger partial charge is 0.481 e. The van der Waals surface area contributed by atoms with Crippen LogP contribution in [0.1, 0.15) is 44.6 Å². The van der Waals surface area contributed by atoms with Crippen molar-refractivity contribution in [3.8, 4) is 0 Å².